The quantitative estimate of drug-likeness (QED) is 0.0169. The lowest BCUT2D eigenvalue weighted by atomic mass is 10.0. The molecule has 3 N–H and O–H groups in total. The SMILES string of the molecule is CCCCCC/C=C\C=C/CCCCCCCC(=O)OC[C@H](COP(=O)(O)OC[C@@H](O)COP(=O)(O)OC[C@@H](COC(=O)CCCCCCCCCCCC)OC(=O)CCCCCCCCCCCCCCCCC)OC(=O)CCCCCCCCCCCCCCCCCCCCC(C)C. The largest absolute Gasteiger partial charge is 0.472 e. The lowest BCUT2D eigenvalue weighted by molar-refractivity contribution is -0.161. The lowest BCUT2D eigenvalue weighted by Crippen LogP contribution is -2.30. The summed E-state index contributed by atoms with van der Waals surface area (Å²) in [5.41, 5.74) is 0. The van der Waals surface area contributed by atoms with Gasteiger partial charge in [0.2, 0.25) is 0 Å². The molecule has 0 aliphatic carbocycles. The summed E-state index contributed by atoms with van der Waals surface area (Å²) < 4.78 is 68.7. The fraction of sp³-hybridized carbons (Fsp3) is 0.902. The fourth-order valence-electron chi connectivity index (χ4n) is 12.2. The van der Waals surface area contributed by atoms with E-state index in [0.717, 1.165) is 115 Å². The van der Waals surface area contributed by atoms with E-state index in [-0.39, 0.29) is 25.7 Å². The van der Waals surface area contributed by atoms with Crippen molar-refractivity contribution in [2.24, 2.45) is 5.92 Å². The summed E-state index contributed by atoms with van der Waals surface area (Å²) in [6, 6.07) is 0. The third kappa shape index (κ3) is 75.6. The molecule has 0 saturated heterocycles. The van der Waals surface area contributed by atoms with Gasteiger partial charge in [-0.25, -0.2) is 9.13 Å². The highest BCUT2D eigenvalue weighted by atomic mass is 31.2. The van der Waals surface area contributed by atoms with Crippen molar-refractivity contribution in [1.29, 1.82) is 0 Å². The molecule has 2 unspecified atom stereocenters. The van der Waals surface area contributed by atoms with Gasteiger partial charge in [-0.05, 0) is 57.3 Å². The number of aliphatic hydroxyl groups excluding tert-OH is 1. The molecule has 0 fully saturated rings. The molecule has 0 saturated carbocycles. The van der Waals surface area contributed by atoms with Crippen molar-refractivity contribution in [3.05, 3.63) is 24.3 Å². The molecule has 0 aliphatic heterocycles. The van der Waals surface area contributed by atoms with Gasteiger partial charge in [-0.3, -0.25) is 37.3 Å². The topological polar surface area (TPSA) is 237 Å². The Balaban J connectivity index is 5.25. The third-order valence-corrected chi connectivity index (χ3v) is 20.6. The molecule has 0 aromatic carbocycles. The van der Waals surface area contributed by atoms with Crippen molar-refractivity contribution in [1.82, 2.24) is 0 Å². The molecule has 5 atom stereocenters. The summed E-state index contributed by atoms with van der Waals surface area (Å²) in [5, 5.41) is 10.6. The number of unbranched alkanes of at least 4 members (excludes halogenated alkanes) is 49. The molecule has 0 bridgehead atoms. The van der Waals surface area contributed by atoms with Gasteiger partial charge in [0.05, 0.1) is 26.4 Å². The van der Waals surface area contributed by atoms with Gasteiger partial charge in [-0.2, -0.15) is 0 Å². The lowest BCUT2D eigenvalue weighted by Gasteiger charge is -2.21. The van der Waals surface area contributed by atoms with E-state index in [1.165, 1.54) is 218 Å². The van der Waals surface area contributed by atoms with Gasteiger partial charge >= 0.3 is 39.5 Å². The minimum atomic E-state index is -4.97. The van der Waals surface area contributed by atoms with Crippen LogP contribution in [0.3, 0.4) is 0 Å². The second kappa shape index (κ2) is 74.4. The zero-order valence-corrected chi connectivity index (χ0v) is 67.3. The van der Waals surface area contributed by atoms with Crippen LogP contribution in [-0.4, -0.2) is 96.7 Å². The van der Waals surface area contributed by atoms with Gasteiger partial charge in [0.25, 0.3) is 0 Å². The van der Waals surface area contributed by atoms with Crippen molar-refractivity contribution < 1.29 is 80.2 Å². The number of phosphoric acid groups is 2. The van der Waals surface area contributed by atoms with E-state index in [0.29, 0.717) is 25.7 Å². The molecule has 0 aromatic rings. The van der Waals surface area contributed by atoms with Crippen LogP contribution in [0, 0.1) is 5.92 Å². The van der Waals surface area contributed by atoms with Gasteiger partial charge < -0.3 is 33.8 Å². The Morgan fingerprint density at radius 1 is 0.307 bits per heavy atom. The van der Waals surface area contributed by atoms with Crippen molar-refractivity contribution in [3.63, 3.8) is 0 Å². The van der Waals surface area contributed by atoms with Crippen LogP contribution < -0.4 is 0 Å². The first-order chi connectivity index (χ1) is 49.0. The number of esters is 4. The van der Waals surface area contributed by atoms with Crippen LogP contribution in [0.4, 0.5) is 0 Å². The van der Waals surface area contributed by atoms with Crippen LogP contribution in [0.1, 0.15) is 413 Å². The molecule has 596 valence electrons. The molecule has 0 spiro atoms. The molecule has 0 heterocycles. The molecule has 0 radical (unpaired) electrons. The number of allylic oxidation sites excluding steroid dienone is 4. The number of hydrogen-bond acceptors (Lipinski definition) is 15. The molecular weight excluding hydrogens is 1320 g/mol. The number of aliphatic hydroxyl groups is 1. The molecular formula is C82H156O17P2. The van der Waals surface area contributed by atoms with Crippen LogP contribution in [-0.2, 0) is 65.4 Å². The Labute approximate surface area is 618 Å². The Bertz CT molecular complexity index is 2020. The van der Waals surface area contributed by atoms with E-state index in [4.69, 9.17) is 37.0 Å². The van der Waals surface area contributed by atoms with Crippen LogP contribution >= 0.6 is 15.6 Å². The zero-order chi connectivity index (χ0) is 74.1. The number of ether oxygens (including phenoxy) is 4. The molecule has 19 heteroatoms. The average molecular weight is 1480 g/mol. The number of carbonyl (C=O) groups is 4. The van der Waals surface area contributed by atoms with Crippen LogP contribution in [0.15, 0.2) is 24.3 Å². The molecule has 0 aromatic heterocycles. The third-order valence-electron chi connectivity index (χ3n) is 18.7. The Morgan fingerprint density at radius 3 is 0.812 bits per heavy atom. The number of hydrogen-bond donors (Lipinski definition) is 3. The molecule has 0 rings (SSSR count). The Morgan fingerprint density at radius 2 is 0.535 bits per heavy atom. The Hall–Kier alpha value is -2.46. The minimum Gasteiger partial charge on any atom is -0.462 e. The predicted octanol–water partition coefficient (Wildman–Crippen LogP) is 24.4. The normalized spacial score (nSPS) is 14.0. The van der Waals surface area contributed by atoms with Crippen molar-refractivity contribution in [3.8, 4) is 0 Å². The van der Waals surface area contributed by atoms with E-state index < -0.39 is 97.5 Å². The summed E-state index contributed by atoms with van der Waals surface area (Å²) >= 11 is 0. The van der Waals surface area contributed by atoms with Crippen molar-refractivity contribution >= 4 is 39.5 Å². The Kier molecular flexibility index (Phi) is 72.6. The van der Waals surface area contributed by atoms with Gasteiger partial charge in [-0.15, -0.1) is 0 Å². The maximum absolute atomic E-state index is 13.1. The number of rotatable bonds is 80. The summed E-state index contributed by atoms with van der Waals surface area (Å²) in [6.07, 6.45) is 68.7. The van der Waals surface area contributed by atoms with Crippen molar-refractivity contribution in [2.45, 2.75) is 432 Å². The van der Waals surface area contributed by atoms with Gasteiger partial charge in [0, 0.05) is 25.7 Å². The highest BCUT2D eigenvalue weighted by Gasteiger charge is 2.30. The molecule has 17 nitrogen and oxygen atoms in total. The average Bonchev–Trinajstić information content (AvgIpc) is 0.964. The van der Waals surface area contributed by atoms with Crippen LogP contribution in [0.25, 0.3) is 0 Å². The molecule has 0 aliphatic rings. The first kappa shape index (κ1) is 98.5. The van der Waals surface area contributed by atoms with Crippen molar-refractivity contribution in [2.75, 3.05) is 39.6 Å². The summed E-state index contributed by atoms with van der Waals surface area (Å²) in [6.45, 7) is 7.30. The van der Waals surface area contributed by atoms with E-state index in [9.17, 15) is 43.2 Å². The fourth-order valence-corrected chi connectivity index (χ4v) is 13.8. The second-order valence-electron chi connectivity index (χ2n) is 29.3. The highest BCUT2D eigenvalue weighted by Crippen LogP contribution is 2.45. The smallest absolute Gasteiger partial charge is 0.462 e. The zero-order valence-electron chi connectivity index (χ0n) is 65.5. The molecule has 101 heavy (non-hydrogen) atoms. The minimum absolute atomic E-state index is 0.102. The van der Waals surface area contributed by atoms with Gasteiger partial charge in [-0.1, -0.05) is 361 Å². The van der Waals surface area contributed by atoms with E-state index >= 15 is 0 Å². The van der Waals surface area contributed by atoms with Gasteiger partial charge in [0.1, 0.15) is 19.3 Å². The number of phosphoric ester groups is 2. The standard InChI is InChI=1S/C82H156O17P2/c1-6-9-12-15-18-21-24-26-32-37-41-46-51-56-61-66-80(85)93-72-78(99-82(87)68-63-58-53-48-43-39-35-31-29-28-30-34-36-40-44-49-54-59-64-75(4)5)74-97-101(90,91)95-70-76(83)69-94-100(88,89)96-73-77(71-92-79(84)65-60-55-50-45-23-20-17-14-11-8-3)98-81(86)67-62-57-52-47-42-38-33-27-25-22-19-16-13-10-7-2/h21,24,26,32,75-78,83H,6-20,22-23,25,27-31,33-74H2,1-5H3,(H,88,89)(H,90,91)/b24-21-,32-26-/t76-,77+,78+/m0/s1. The summed E-state index contributed by atoms with van der Waals surface area (Å²) in [7, 11) is -9.93. The summed E-state index contributed by atoms with van der Waals surface area (Å²) in [4.78, 5) is 73.0. The maximum atomic E-state index is 13.1. The number of carbonyl (C=O) groups excluding carboxylic acids is 4. The molecule has 0 amide bonds. The van der Waals surface area contributed by atoms with Crippen LogP contribution in [0.2, 0.25) is 0 Å². The second-order valence-corrected chi connectivity index (χ2v) is 32.2. The first-order valence-corrected chi connectivity index (χ1v) is 44.9. The monoisotopic (exact) mass is 1480 g/mol. The highest BCUT2D eigenvalue weighted by molar-refractivity contribution is 7.47. The van der Waals surface area contributed by atoms with Crippen LogP contribution in [0.5, 0.6) is 0 Å². The summed E-state index contributed by atoms with van der Waals surface area (Å²) in [5.74, 6) is -1.32. The maximum Gasteiger partial charge on any atom is 0.472 e. The first-order valence-electron chi connectivity index (χ1n) is 42.0. The van der Waals surface area contributed by atoms with E-state index in [2.05, 4.69) is 58.9 Å². The van der Waals surface area contributed by atoms with E-state index in [1.54, 1.807) is 0 Å². The van der Waals surface area contributed by atoms with E-state index in [1.807, 2.05) is 0 Å². The predicted molar refractivity (Wildman–Crippen MR) is 414 cm³/mol. The van der Waals surface area contributed by atoms with Gasteiger partial charge in [0.15, 0.2) is 12.2 Å².